The lowest BCUT2D eigenvalue weighted by Crippen LogP contribution is -2.23. The number of nitrogens with zero attached hydrogens (tertiary/aromatic N) is 2. The summed E-state index contributed by atoms with van der Waals surface area (Å²) in [5.74, 6) is 0. The maximum atomic E-state index is 6.24. The van der Waals surface area contributed by atoms with E-state index in [4.69, 9.17) is 17.3 Å². The van der Waals surface area contributed by atoms with Crippen LogP contribution in [0.1, 0.15) is 69.5 Å². The van der Waals surface area contributed by atoms with Crippen LogP contribution in [0.2, 0.25) is 5.15 Å². The molecule has 2 N–H and O–H groups in total. The zero-order chi connectivity index (χ0) is 15.0. The molecule has 0 radical (unpaired) electrons. The van der Waals surface area contributed by atoms with Crippen LogP contribution in [0.4, 0.5) is 0 Å². The quantitative estimate of drug-likeness (QED) is 0.651. The molecule has 0 aliphatic heterocycles. The Morgan fingerprint density at radius 2 is 1.75 bits per heavy atom. The topological polar surface area (TPSA) is 43.8 Å². The monoisotopic (exact) mass is 299 g/mol. The number of aryl methyl sites for hydroxylation is 2. The van der Waals surface area contributed by atoms with Gasteiger partial charge >= 0.3 is 0 Å². The van der Waals surface area contributed by atoms with E-state index in [1.165, 1.54) is 44.9 Å². The average Bonchev–Trinajstić information content (AvgIpc) is 2.64. The minimum atomic E-state index is 0.200. The molecule has 0 saturated carbocycles. The van der Waals surface area contributed by atoms with Crippen LogP contribution >= 0.6 is 11.6 Å². The van der Waals surface area contributed by atoms with Crippen molar-refractivity contribution in [1.82, 2.24) is 9.78 Å². The van der Waals surface area contributed by atoms with Gasteiger partial charge in [-0.3, -0.25) is 4.68 Å². The number of aromatic nitrogens is 2. The normalized spacial score (nSPS) is 12.8. The van der Waals surface area contributed by atoms with Crippen LogP contribution < -0.4 is 5.73 Å². The van der Waals surface area contributed by atoms with Crippen molar-refractivity contribution in [3.8, 4) is 0 Å². The molecule has 0 aliphatic rings. The Labute approximate surface area is 128 Å². The van der Waals surface area contributed by atoms with Crippen LogP contribution in [0.25, 0.3) is 0 Å². The van der Waals surface area contributed by atoms with Crippen molar-refractivity contribution in [3.63, 3.8) is 0 Å². The van der Waals surface area contributed by atoms with Crippen molar-refractivity contribution in [2.24, 2.45) is 12.8 Å². The highest BCUT2D eigenvalue weighted by Gasteiger charge is 2.14. The molecule has 0 amide bonds. The molecule has 1 unspecified atom stereocenters. The minimum Gasteiger partial charge on any atom is -0.327 e. The lowest BCUT2D eigenvalue weighted by molar-refractivity contribution is 0.527. The summed E-state index contributed by atoms with van der Waals surface area (Å²) in [7, 11) is 1.88. The Morgan fingerprint density at radius 1 is 1.15 bits per heavy atom. The summed E-state index contributed by atoms with van der Waals surface area (Å²) in [6.07, 6.45) is 11.2. The molecule has 1 rings (SSSR count). The Hall–Kier alpha value is -0.540. The number of unbranched alkanes of at least 4 members (excludes halogenated alkanes) is 6. The van der Waals surface area contributed by atoms with Crippen LogP contribution in [0.5, 0.6) is 0 Å². The van der Waals surface area contributed by atoms with Crippen LogP contribution in [0.3, 0.4) is 0 Å². The summed E-state index contributed by atoms with van der Waals surface area (Å²) >= 11 is 6.24. The van der Waals surface area contributed by atoms with Crippen molar-refractivity contribution in [3.05, 3.63) is 16.4 Å². The molecular weight excluding hydrogens is 270 g/mol. The highest BCUT2D eigenvalue weighted by Crippen LogP contribution is 2.21. The third kappa shape index (κ3) is 5.84. The van der Waals surface area contributed by atoms with Gasteiger partial charge in [0.15, 0.2) is 0 Å². The molecular formula is C16H30ClN3. The summed E-state index contributed by atoms with van der Waals surface area (Å²) in [6, 6.07) is 0.200. The number of hydrogen-bond acceptors (Lipinski definition) is 2. The molecule has 0 aromatic carbocycles. The third-order valence-corrected chi connectivity index (χ3v) is 4.39. The molecule has 116 valence electrons. The van der Waals surface area contributed by atoms with Crippen molar-refractivity contribution >= 4 is 11.6 Å². The molecule has 4 heteroatoms. The van der Waals surface area contributed by atoms with Gasteiger partial charge in [0.25, 0.3) is 0 Å². The first-order valence-corrected chi connectivity index (χ1v) is 8.37. The van der Waals surface area contributed by atoms with E-state index in [0.717, 1.165) is 29.3 Å². The first kappa shape index (κ1) is 17.5. The Kier molecular flexibility index (Phi) is 8.24. The van der Waals surface area contributed by atoms with E-state index in [-0.39, 0.29) is 6.04 Å². The predicted molar refractivity (Wildman–Crippen MR) is 87.2 cm³/mol. The molecule has 0 fully saturated rings. The van der Waals surface area contributed by atoms with Gasteiger partial charge in [-0.2, -0.15) is 5.10 Å². The zero-order valence-electron chi connectivity index (χ0n) is 13.3. The molecule has 20 heavy (non-hydrogen) atoms. The smallest absolute Gasteiger partial charge is 0.130 e. The zero-order valence-corrected chi connectivity index (χ0v) is 14.0. The van der Waals surface area contributed by atoms with Gasteiger partial charge < -0.3 is 5.73 Å². The van der Waals surface area contributed by atoms with Gasteiger partial charge in [0.1, 0.15) is 5.15 Å². The molecule has 1 atom stereocenters. The largest absolute Gasteiger partial charge is 0.327 e. The van der Waals surface area contributed by atoms with Gasteiger partial charge in [0.05, 0.1) is 5.69 Å². The number of halogens is 1. The second-order valence-electron chi connectivity index (χ2n) is 5.85. The van der Waals surface area contributed by atoms with Crippen LogP contribution in [-0.2, 0) is 13.5 Å². The van der Waals surface area contributed by atoms with Crippen LogP contribution in [-0.4, -0.2) is 15.8 Å². The summed E-state index contributed by atoms with van der Waals surface area (Å²) in [4.78, 5) is 0. The fraction of sp³-hybridized carbons (Fsp3) is 0.812. The van der Waals surface area contributed by atoms with Crippen molar-refractivity contribution in [1.29, 1.82) is 0 Å². The molecule has 0 spiro atoms. The lowest BCUT2D eigenvalue weighted by atomic mass is 10.0. The standard InChI is InChI=1S/C16H30ClN3/c1-4-5-6-7-8-9-10-11-14(18)12-15-13(2)19-20(3)16(15)17/h14H,4-12,18H2,1-3H3. The molecule has 1 aromatic rings. The second kappa shape index (κ2) is 9.41. The van der Waals surface area contributed by atoms with Crippen LogP contribution in [0.15, 0.2) is 0 Å². The van der Waals surface area contributed by atoms with E-state index in [1.54, 1.807) is 4.68 Å². The van der Waals surface area contributed by atoms with Crippen molar-refractivity contribution < 1.29 is 0 Å². The molecule has 0 aliphatic carbocycles. The van der Waals surface area contributed by atoms with Gasteiger partial charge in [-0.15, -0.1) is 0 Å². The highest BCUT2D eigenvalue weighted by molar-refractivity contribution is 6.30. The van der Waals surface area contributed by atoms with Gasteiger partial charge in [-0.05, 0) is 19.8 Å². The third-order valence-electron chi connectivity index (χ3n) is 3.91. The van der Waals surface area contributed by atoms with Crippen molar-refractivity contribution in [2.45, 2.75) is 77.7 Å². The first-order valence-electron chi connectivity index (χ1n) is 7.99. The van der Waals surface area contributed by atoms with Gasteiger partial charge in [-0.25, -0.2) is 0 Å². The van der Waals surface area contributed by atoms with Gasteiger partial charge in [-0.1, -0.05) is 63.5 Å². The predicted octanol–water partition coefficient (Wildman–Crippen LogP) is 4.39. The second-order valence-corrected chi connectivity index (χ2v) is 6.21. The molecule has 1 aromatic heterocycles. The van der Waals surface area contributed by atoms with Gasteiger partial charge in [0.2, 0.25) is 0 Å². The summed E-state index contributed by atoms with van der Waals surface area (Å²) in [6.45, 7) is 4.26. The van der Waals surface area contributed by atoms with E-state index in [1.807, 2.05) is 14.0 Å². The fourth-order valence-corrected chi connectivity index (χ4v) is 2.89. The summed E-state index contributed by atoms with van der Waals surface area (Å²) in [5.41, 5.74) is 8.34. The molecule has 1 heterocycles. The molecule has 0 bridgehead atoms. The highest BCUT2D eigenvalue weighted by atomic mass is 35.5. The van der Waals surface area contributed by atoms with Gasteiger partial charge in [0, 0.05) is 18.7 Å². The van der Waals surface area contributed by atoms with Crippen LogP contribution in [0, 0.1) is 6.92 Å². The average molecular weight is 300 g/mol. The van der Waals surface area contributed by atoms with E-state index in [9.17, 15) is 0 Å². The lowest BCUT2D eigenvalue weighted by Gasteiger charge is -2.11. The first-order chi connectivity index (χ1) is 9.56. The number of nitrogens with two attached hydrogens (primary N) is 1. The minimum absolute atomic E-state index is 0.200. The van der Waals surface area contributed by atoms with E-state index in [0.29, 0.717) is 0 Å². The fourth-order valence-electron chi connectivity index (χ4n) is 2.63. The molecule has 0 saturated heterocycles. The van der Waals surface area contributed by atoms with E-state index >= 15 is 0 Å². The maximum Gasteiger partial charge on any atom is 0.130 e. The Balaban J connectivity index is 2.19. The summed E-state index contributed by atoms with van der Waals surface area (Å²) < 4.78 is 1.73. The Bertz CT molecular complexity index is 387. The summed E-state index contributed by atoms with van der Waals surface area (Å²) in [5, 5.41) is 5.06. The van der Waals surface area contributed by atoms with E-state index < -0.39 is 0 Å². The number of rotatable bonds is 10. The maximum absolute atomic E-state index is 6.24. The van der Waals surface area contributed by atoms with Crippen molar-refractivity contribution in [2.75, 3.05) is 0 Å². The Morgan fingerprint density at radius 3 is 2.30 bits per heavy atom. The SMILES string of the molecule is CCCCCCCCCC(N)Cc1c(C)nn(C)c1Cl. The van der Waals surface area contributed by atoms with E-state index in [2.05, 4.69) is 12.0 Å². The number of hydrogen-bond donors (Lipinski definition) is 1. The molecule has 3 nitrogen and oxygen atoms in total.